The summed E-state index contributed by atoms with van der Waals surface area (Å²) in [6.45, 7) is 0.281. The molecule has 0 aliphatic heterocycles. The van der Waals surface area contributed by atoms with Gasteiger partial charge in [0.05, 0.1) is 6.61 Å². The van der Waals surface area contributed by atoms with Gasteiger partial charge in [-0.2, -0.15) is 0 Å². The van der Waals surface area contributed by atoms with Crippen molar-refractivity contribution in [1.82, 2.24) is 0 Å². The first-order valence-electron chi connectivity index (χ1n) is 5.20. The van der Waals surface area contributed by atoms with E-state index in [1.54, 1.807) is 19.2 Å². The lowest BCUT2D eigenvalue weighted by molar-refractivity contribution is -0.0481. The van der Waals surface area contributed by atoms with Crippen molar-refractivity contribution in [2.45, 2.75) is 24.9 Å². The second-order valence-electron chi connectivity index (χ2n) is 4.12. The standard InChI is InChI=1S/C12H16O3/c1-15-8-12(14)7-3-4-9-10(12)5-2-6-11(9)13/h2,5-6,13-14H,3-4,7-8H2,1H3. The van der Waals surface area contributed by atoms with Crippen LogP contribution in [0, 0.1) is 0 Å². The highest BCUT2D eigenvalue weighted by molar-refractivity contribution is 5.44. The molecule has 1 aliphatic carbocycles. The van der Waals surface area contributed by atoms with Crippen LogP contribution in [0.25, 0.3) is 0 Å². The lowest BCUT2D eigenvalue weighted by atomic mass is 9.79. The van der Waals surface area contributed by atoms with E-state index in [-0.39, 0.29) is 12.4 Å². The third-order valence-corrected chi connectivity index (χ3v) is 3.05. The highest BCUT2D eigenvalue weighted by Crippen LogP contribution is 2.38. The van der Waals surface area contributed by atoms with Crippen molar-refractivity contribution in [1.29, 1.82) is 0 Å². The van der Waals surface area contributed by atoms with E-state index in [0.717, 1.165) is 24.0 Å². The Morgan fingerprint density at radius 3 is 3.00 bits per heavy atom. The number of aliphatic hydroxyl groups is 1. The van der Waals surface area contributed by atoms with Crippen LogP contribution in [-0.4, -0.2) is 23.9 Å². The average molecular weight is 208 g/mol. The molecule has 0 amide bonds. The molecule has 1 aromatic rings. The summed E-state index contributed by atoms with van der Waals surface area (Å²) in [7, 11) is 1.58. The number of hydrogen-bond acceptors (Lipinski definition) is 3. The zero-order valence-electron chi connectivity index (χ0n) is 8.86. The third-order valence-electron chi connectivity index (χ3n) is 3.05. The summed E-state index contributed by atoms with van der Waals surface area (Å²) < 4.78 is 5.05. The molecule has 3 heteroatoms. The maximum Gasteiger partial charge on any atom is 0.119 e. The van der Waals surface area contributed by atoms with Crippen LogP contribution in [0.4, 0.5) is 0 Å². The van der Waals surface area contributed by atoms with Gasteiger partial charge in [0, 0.05) is 12.7 Å². The molecular formula is C12H16O3. The van der Waals surface area contributed by atoms with Gasteiger partial charge in [-0.1, -0.05) is 12.1 Å². The van der Waals surface area contributed by atoms with Gasteiger partial charge in [0.15, 0.2) is 0 Å². The molecule has 0 fully saturated rings. The van der Waals surface area contributed by atoms with E-state index in [1.807, 2.05) is 6.07 Å². The van der Waals surface area contributed by atoms with Gasteiger partial charge in [-0.3, -0.25) is 0 Å². The maximum atomic E-state index is 10.4. The number of hydrogen-bond donors (Lipinski definition) is 2. The van der Waals surface area contributed by atoms with Crippen molar-refractivity contribution < 1.29 is 14.9 Å². The Labute approximate surface area is 89.3 Å². The zero-order valence-corrected chi connectivity index (χ0v) is 8.86. The van der Waals surface area contributed by atoms with Gasteiger partial charge in [-0.05, 0) is 30.9 Å². The van der Waals surface area contributed by atoms with Crippen LogP contribution in [0.15, 0.2) is 18.2 Å². The number of rotatable bonds is 2. The molecule has 82 valence electrons. The maximum absolute atomic E-state index is 10.4. The largest absolute Gasteiger partial charge is 0.508 e. The summed E-state index contributed by atoms with van der Waals surface area (Å²) in [6.07, 6.45) is 2.40. The van der Waals surface area contributed by atoms with Crippen LogP contribution in [0.3, 0.4) is 0 Å². The Morgan fingerprint density at radius 2 is 2.27 bits per heavy atom. The summed E-state index contributed by atoms with van der Waals surface area (Å²) in [5, 5.41) is 20.1. The first-order valence-corrected chi connectivity index (χ1v) is 5.20. The Hall–Kier alpha value is -1.06. The van der Waals surface area contributed by atoms with Crippen LogP contribution in [0.5, 0.6) is 5.75 Å². The second-order valence-corrected chi connectivity index (χ2v) is 4.12. The minimum Gasteiger partial charge on any atom is -0.508 e. The van der Waals surface area contributed by atoms with E-state index >= 15 is 0 Å². The summed E-state index contributed by atoms with van der Waals surface area (Å²) in [5.74, 6) is 0.279. The molecule has 0 bridgehead atoms. The summed E-state index contributed by atoms with van der Waals surface area (Å²) in [6, 6.07) is 5.30. The first kappa shape index (κ1) is 10.5. The van der Waals surface area contributed by atoms with Crippen LogP contribution >= 0.6 is 0 Å². The molecule has 0 radical (unpaired) electrons. The van der Waals surface area contributed by atoms with Gasteiger partial charge in [-0.15, -0.1) is 0 Å². The van der Waals surface area contributed by atoms with Crippen molar-refractivity contribution >= 4 is 0 Å². The highest BCUT2D eigenvalue weighted by Gasteiger charge is 2.35. The number of methoxy groups -OCH3 is 1. The number of aromatic hydroxyl groups is 1. The van der Waals surface area contributed by atoms with Crippen molar-refractivity contribution in [3.63, 3.8) is 0 Å². The zero-order chi connectivity index (χ0) is 10.9. The lowest BCUT2D eigenvalue weighted by Gasteiger charge is -2.34. The number of phenols is 1. The molecule has 3 nitrogen and oxygen atoms in total. The number of phenolic OH excluding ortho intramolecular Hbond substituents is 1. The van der Waals surface area contributed by atoms with Gasteiger partial charge in [0.2, 0.25) is 0 Å². The Morgan fingerprint density at radius 1 is 1.47 bits per heavy atom. The van der Waals surface area contributed by atoms with E-state index < -0.39 is 5.60 Å². The SMILES string of the molecule is COCC1(O)CCCc2c(O)cccc21. The van der Waals surface area contributed by atoms with E-state index in [2.05, 4.69) is 0 Å². The molecule has 0 heterocycles. The Bertz CT molecular complexity index is 362. The molecule has 1 atom stereocenters. The molecule has 2 rings (SSSR count). The summed E-state index contributed by atoms with van der Waals surface area (Å²) >= 11 is 0. The molecular weight excluding hydrogens is 192 g/mol. The average Bonchev–Trinajstić information content (AvgIpc) is 2.20. The predicted molar refractivity (Wildman–Crippen MR) is 56.8 cm³/mol. The fraction of sp³-hybridized carbons (Fsp3) is 0.500. The van der Waals surface area contributed by atoms with Crippen molar-refractivity contribution in [2.75, 3.05) is 13.7 Å². The number of benzene rings is 1. The van der Waals surface area contributed by atoms with Gasteiger partial charge < -0.3 is 14.9 Å². The van der Waals surface area contributed by atoms with E-state index in [0.29, 0.717) is 6.42 Å². The smallest absolute Gasteiger partial charge is 0.119 e. The highest BCUT2D eigenvalue weighted by atomic mass is 16.5. The fourth-order valence-corrected chi connectivity index (χ4v) is 2.35. The normalized spacial score (nSPS) is 24.9. The molecule has 15 heavy (non-hydrogen) atoms. The molecule has 1 aliphatic rings. The molecule has 0 saturated carbocycles. The van der Waals surface area contributed by atoms with Crippen LogP contribution < -0.4 is 0 Å². The Kier molecular flexibility index (Phi) is 2.67. The molecule has 1 unspecified atom stereocenters. The van der Waals surface area contributed by atoms with Crippen molar-refractivity contribution in [3.8, 4) is 5.75 Å². The summed E-state index contributed by atoms with van der Waals surface area (Å²) in [4.78, 5) is 0. The molecule has 1 aromatic carbocycles. The van der Waals surface area contributed by atoms with Crippen LogP contribution in [-0.2, 0) is 16.8 Å². The van der Waals surface area contributed by atoms with Crippen LogP contribution in [0.2, 0.25) is 0 Å². The van der Waals surface area contributed by atoms with E-state index in [9.17, 15) is 10.2 Å². The lowest BCUT2D eigenvalue weighted by Crippen LogP contribution is -2.35. The van der Waals surface area contributed by atoms with E-state index in [1.165, 1.54) is 0 Å². The fourth-order valence-electron chi connectivity index (χ4n) is 2.35. The van der Waals surface area contributed by atoms with E-state index in [4.69, 9.17) is 4.74 Å². The van der Waals surface area contributed by atoms with Crippen molar-refractivity contribution in [3.05, 3.63) is 29.3 Å². The van der Waals surface area contributed by atoms with Crippen LogP contribution in [0.1, 0.15) is 24.0 Å². The topological polar surface area (TPSA) is 49.7 Å². The van der Waals surface area contributed by atoms with Gasteiger partial charge in [-0.25, -0.2) is 0 Å². The molecule has 0 aromatic heterocycles. The first-order chi connectivity index (χ1) is 7.17. The third kappa shape index (κ3) is 1.73. The molecule has 2 N–H and O–H groups in total. The number of ether oxygens (including phenoxy) is 1. The van der Waals surface area contributed by atoms with Crippen molar-refractivity contribution in [2.24, 2.45) is 0 Å². The second kappa shape index (κ2) is 3.83. The monoisotopic (exact) mass is 208 g/mol. The molecule has 0 spiro atoms. The van der Waals surface area contributed by atoms with Gasteiger partial charge >= 0.3 is 0 Å². The van der Waals surface area contributed by atoms with Gasteiger partial charge in [0.25, 0.3) is 0 Å². The Balaban J connectivity index is 2.46. The quantitative estimate of drug-likeness (QED) is 0.775. The molecule has 0 saturated heterocycles. The number of fused-ring (bicyclic) bond motifs is 1. The predicted octanol–water partition coefficient (Wildman–Crippen LogP) is 1.56. The minimum atomic E-state index is -0.929. The van der Waals surface area contributed by atoms with Gasteiger partial charge in [0.1, 0.15) is 11.4 Å². The summed E-state index contributed by atoms with van der Waals surface area (Å²) in [5.41, 5.74) is 0.750. The minimum absolute atomic E-state index is 0.279.